The Kier molecular flexibility index (Phi) is 5.47. The number of benzene rings is 2. The van der Waals surface area contributed by atoms with Gasteiger partial charge in [0.25, 0.3) is 0 Å². The number of para-hydroxylation sites is 1. The third kappa shape index (κ3) is 4.30. The van der Waals surface area contributed by atoms with Crippen LogP contribution < -0.4 is 5.32 Å². The van der Waals surface area contributed by atoms with Crippen LogP contribution in [0, 0.1) is 0 Å². The van der Waals surface area contributed by atoms with Crippen LogP contribution in [0.1, 0.15) is 0 Å². The van der Waals surface area contributed by atoms with E-state index in [1.165, 1.54) is 14.2 Å². The molecular weight excluding hydrogens is 344 g/mol. The third-order valence-corrected chi connectivity index (χ3v) is 3.93. The predicted molar refractivity (Wildman–Crippen MR) is 103 cm³/mol. The first-order valence-corrected chi connectivity index (χ1v) is 8.21. The van der Waals surface area contributed by atoms with E-state index in [0.29, 0.717) is 5.69 Å². The highest BCUT2D eigenvalue weighted by Gasteiger charge is 2.13. The highest BCUT2D eigenvalue weighted by atomic mass is 16.5. The number of anilines is 1. The minimum atomic E-state index is -0.668. The van der Waals surface area contributed by atoms with Gasteiger partial charge in [-0.1, -0.05) is 30.3 Å². The van der Waals surface area contributed by atoms with E-state index in [9.17, 15) is 9.59 Å². The van der Waals surface area contributed by atoms with E-state index in [2.05, 4.69) is 15.0 Å². The van der Waals surface area contributed by atoms with E-state index in [1.807, 2.05) is 48.5 Å². The van der Waals surface area contributed by atoms with Gasteiger partial charge in [-0.05, 0) is 29.8 Å². The Balaban J connectivity index is 1.92. The molecule has 0 aliphatic carbocycles. The maximum atomic E-state index is 11.9. The summed E-state index contributed by atoms with van der Waals surface area (Å²) in [5, 5.41) is 3.94. The molecule has 0 atom stereocenters. The molecule has 0 amide bonds. The van der Waals surface area contributed by atoms with Crippen molar-refractivity contribution < 1.29 is 19.1 Å². The smallest absolute Gasteiger partial charge is 0.354 e. The number of carbonyl (C=O) groups excluding carboxylic acids is 2. The number of aromatic nitrogens is 1. The molecule has 27 heavy (non-hydrogen) atoms. The summed E-state index contributed by atoms with van der Waals surface area (Å²) in [4.78, 5) is 27.9. The Labute approximate surface area is 156 Å². The van der Waals surface area contributed by atoms with Crippen molar-refractivity contribution in [3.8, 4) is 11.1 Å². The molecular formula is C21H18N2O4. The predicted octanol–water partition coefficient (Wildman–Crippen LogP) is 3.54. The molecule has 0 bridgehead atoms. The molecule has 0 aliphatic rings. The SMILES string of the molecule is COC(=O)/C=C(/Nc1cccc(-c2cnc3ccccc3c2)c1)C(=O)OC. The van der Waals surface area contributed by atoms with E-state index in [4.69, 9.17) is 4.74 Å². The molecule has 3 rings (SSSR count). The monoisotopic (exact) mass is 362 g/mol. The Bertz CT molecular complexity index is 1030. The van der Waals surface area contributed by atoms with Crippen molar-refractivity contribution in [2.45, 2.75) is 0 Å². The molecule has 1 N–H and O–H groups in total. The molecule has 0 saturated carbocycles. The number of esters is 2. The number of carbonyl (C=O) groups is 2. The van der Waals surface area contributed by atoms with Gasteiger partial charge in [0.05, 0.1) is 25.8 Å². The van der Waals surface area contributed by atoms with E-state index in [1.54, 1.807) is 12.3 Å². The van der Waals surface area contributed by atoms with Crippen molar-refractivity contribution in [3.05, 3.63) is 72.6 Å². The zero-order valence-electron chi connectivity index (χ0n) is 14.9. The van der Waals surface area contributed by atoms with Gasteiger partial charge >= 0.3 is 11.9 Å². The molecule has 0 unspecified atom stereocenters. The summed E-state index contributed by atoms with van der Waals surface area (Å²) in [5.41, 5.74) is 3.39. The van der Waals surface area contributed by atoms with Crippen LogP contribution in [-0.4, -0.2) is 31.1 Å². The second-order valence-corrected chi connectivity index (χ2v) is 5.70. The Morgan fingerprint density at radius 3 is 2.56 bits per heavy atom. The fraction of sp³-hybridized carbons (Fsp3) is 0.0952. The molecule has 6 nitrogen and oxygen atoms in total. The first kappa shape index (κ1) is 18.1. The van der Waals surface area contributed by atoms with Crippen LogP contribution in [0.3, 0.4) is 0 Å². The fourth-order valence-electron chi connectivity index (χ4n) is 2.59. The lowest BCUT2D eigenvalue weighted by Crippen LogP contribution is -2.15. The molecule has 2 aromatic carbocycles. The van der Waals surface area contributed by atoms with E-state index >= 15 is 0 Å². The zero-order chi connectivity index (χ0) is 19.2. The summed E-state index contributed by atoms with van der Waals surface area (Å²) in [6.07, 6.45) is 2.85. The number of hydrogen-bond donors (Lipinski definition) is 1. The van der Waals surface area contributed by atoms with Crippen molar-refractivity contribution in [1.29, 1.82) is 0 Å². The van der Waals surface area contributed by atoms with Gasteiger partial charge in [0.2, 0.25) is 0 Å². The van der Waals surface area contributed by atoms with Gasteiger partial charge in [0, 0.05) is 22.8 Å². The Morgan fingerprint density at radius 2 is 1.78 bits per heavy atom. The molecule has 0 saturated heterocycles. The molecule has 0 fully saturated rings. The van der Waals surface area contributed by atoms with Crippen LogP contribution in [0.15, 0.2) is 72.6 Å². The quantitative estimate of drug-likeness (QED) is 0.552. The molecule has 0 aliphatic heterocycles. The largest absolute Gasteiger partial charge is 0.466 e. The second-order valence-electron chi connectivity index (χ2n) is 5.70. The maximum Gasteiger partial charge on any atom is 0.354 e. The number of fused-ring (bicyclic) bond motifs is 1. The van der Waals surface area contributed by atoms with Gasteiger partial charge in [0.1, 0.15) is 5.70 Å². The van der Waals surface area contributed by atoms with Gasteiger partial charge in [-0.25, -0.2) is 9.59 Å². The fourth-order valence-corrected chi connectivity index (χ4v) is 2.59. The lowest BCUT2D eigenvalue weighted by atomic mass is 10.0. The minimum Gasteiger partial charge on any atom is -0.466 e. The lowest BCUT2D eigenvalue weighted by Gasteiger charge is -2.11. The Morgan fingerprint density at radius 1 is 0.963 bits per heavy atom. The van der Waals surface area contributed by atoms with Crippen molar-refractivity contribution in [2.75, 3.05) is 19.5 Å². The van der Waals surface area contributed by atoms with Crippen LogP contribution in [0.2, 0.25) is 0 Å². The summed E-state index contributed by atoms with van der Waals surface area (Å²) in [6.45, 7) is 0. The molecule has 0 radical (unpaired) electrons. The number of methoxy groups -OCH3 is 2. The minimum absolute atomic E-state index is 0.0156. The van der Waals surface area contributed by atoms with Crippen molar-refractivity contribution in [3.63, 3.8) is 0 Å². The molecule has 136 valence electrons. The average molecular weight is 362 g/mol. The first-order valence-electron chi connectivity index (χ1n) is 8.21. The lowest BCUT2D eigenvalue weighted by molar-refractivity contribution is -0.138. The van der Waals surface area contributed by atoms with Gasteiger partial charge in [-0.3, -0.25) is 4.98 Å². The maximum absolute atomic E-state index is 11.9. The van der Waals surface area contributed by atoms with E-state index in [0.717, 1.165) is 28.1 Å². The molecule has 1 heterocycles. The topological polar surface area (TPSA) is 77.5 Å². The summed E-state index contributed by atoms with van der Waals surface area (Å²) < 4.78 is 9.28. The van der Waals surface area contributed by atoms with Crippen molar-refractivity contribution in [1.82, 2.24) is 4.98 Å². The third-order valence-electron chi connectivity index (χ3n) is 3.93. The van der Waals surface area contributed by atoms with Gasteiger partial charge < -0.3 is 14.8 Å². The van der Waals surface area contributed by atoms with Gasteiger partial charge in [-0.15, -0.1) is 0 Å². The van der Waals surface area contributed by atoms with Gasteiger partial charge in [-0.2, -0.15) is 0 Å². The number of nitrogens with zero attached hydrogens (tertiary/aromatic N) is 1. The van der Waals surface area contributed by atoms with E-state index in [-0.39, 0.29) is 5.70 Å². The van der Waals surface area contributed by atoms with Crippen molar-refractivity contribution in [2.24, 2.45) is 0 Å². The number of rotatable bonds is 5. The summed E-state index contributed by atoms with van der Waals surface area (Å²) in [7, 11) is 2.48. The molecule has 6 heteroatoms. The Hall–Kier alpha value is -3.67. The summed E-state index contributed by atoms with van der Waals surface area (Å²) in [5.74, 6) is -1.32. The molecule has 0 spiro atoms. The number of hydrogen-bond acceptors (Lipinski definition) is 6. The van der Waals surface area contributed by atoms with Crippen LogP contribution in [0.25, 0.3) is 22.0 Å². The zero-order valence-corrected chi connectivity index (χ0v) is 14.9. The van der Waals surface area contributed by atoms with Crippen LogP contribution in [0.4, 0.5) is 5.69 Å². The summed E-state index contributed by atoms with van der Waals surface area (Å²) >= 11 is 0. The number of nitrogens with one attached hydrogen (secondary N) is 1. The number of pyridine rings is 1. The summed E-state index contributed by atoms with van der Waals surface area (Å²) in [6, 6.07) is 17.4. The number of ether oxygens (including phenoxy) is 2. The second kappa shape index (κ2) is 8.14. The van der Waals surface area contributed by atoms with Crippen molar-refractivity contribution >= 4 is 28.5 Å². The highest BCUT2D eigenvalue weighted by Crippen LogP contribution is 2.25. The van der Waals surface area contributed by atoms with Crippen LogP contribution >= 0.6 is 0 Å². The normalized spacial score (nSPS) is 11.1. The molecule has 1 aromatic heterocycles. The average Bonchev–Trinajstić information content (AvgIpc) is 2.72. The van der Waals surface area contributed by atoms with Crippen LogP contribution in [-0.2, 0) is 19.1 Å². The van der Waals surface area contributed by atoms with Crippen LogP contribution in [0.5, 0.6) is 0 Å². The van der Waals surface area contributed by atoms with E-state index < -0.39 is 11.9 Å². The first-order chi connectivity index (χ1) is 13.1. The highest BCUT2D eigenvalue weighted by molar-refractivity contribution is 5.98. The molecule has 3 aromatic rings. The van der Waals surface area contributed by atoms with Gasteiger partial charge in [0.15, 0.2) is 0 Å². The standard InChI is InChI=1S/C21H18N2O4/c1-26-20(24)12-19(21(25)27-2)23-17-8-5-7-14(11-17)16-10-15-6-3-4-9-18(15)22-13-16/h3-13,23H,1-2H3/b19-12+.